The van der Waals surface area contributed by atoms with Crippen molar-refractivity contribution in [3.63, 3.8) is 0 Å². The van der Waals surface area contributed by atoms with Crippen molar-refractivity contribution in [1.82, 2.24) is 5.32 Å². The summed E-state index contributed by atoms with van der Waals surface area (Å²) >= 11 is 7.00. The van der Waals surface area contributed by atoms with Crippen LogP contribution in [0, 0.1) is 0 Å². The fourth-order valence-electron chi connectivity index (χ4n) is 0.773. The van der Waals surface area contributed by atoms with Crippen molar-refractivity contribution in [2.45, 2.75) is 0 Å². The molecule has 4 heteroatoms. The number of hydrogen-bond donors (Lipinski definition) is 1. The second-order valence-electron chi connectivity index (χ2n) is 2.33. The molecule has 1 aromatic heterocycles. The predicted octanol–water partition coefficient (Wildman–Crippen LogP) is 2.12. The van der Waals surface area contributed by atoms with Gasteiger partial charge in [-0.05, 0) is 17.5 Å². The zero-order valence-corrected chi connectivity index (χ0v) is 8.57. The Balaban J connectivity index is 2.35. The van der Waals surface area contributed by atoms with Gasteiger partial charge in [0.2, 0.25) is 5.91 Å². The molecule has 0 radical (unpaired) electrons. The zero-order chi connectivity index (χ0) is 9.52. The summed E-state index contributed by atoms with van der Waals surface area (Å²) in [6, 6.07) is 3.90. The standard InChI is InChI=1S/C9H10ClNOS/c10-5-6-11-9(12)4-3-8-2-1-7-13-8/h1-4,7H,5-6H2,(H,11,12)/b4-3+. The van der Waals surface area contributed by atoms with Crippen molar-refractivity contribution >= 4 is 34.9 Å². The number of alkyl halides is 1. The molecule has 0 atom stereocenters. The van der Waals surface area contributed by atoms with Gasteiger partial charge >= 0.3 is 0 Å². The second-order valence-corrected chi connectivity index (χ2v) is 3.69. The maximum Gasteiger partial charge on any atom is 0.244 e. The maximum atomic E-state index is 11.0. The van der Waals surface area contributed by atoms with E-state index in [4.69, 9.17) is 11.6 Å². The highest BCUT2D eigenvalue weighted by Gasteiger charge is 1.92. The largest absolute Gasteiger partial charge is 0.351 e. The molecular formula is C9H10ClNOS. The number of halogens is 1. The van der Waals surface area contributed by atoms with Gasteiger partial charge in [0.05, 0.1) is 0 Å². The summed E-state index contributed by atoms with van der Waals surface area (Å²) in [6.07, 6.45) is 3.30. The number of carbonyl (C=O) groups is 1. The average molecular weight is 216 g/mol. The van der Waals surface area contributed by atoms with E-state index in [1.54, 1.807) is 17.4 Å². The Labute approximate surface area is 86.2 Å². The average Bonchev–Trinajstić information content (AvgIpc) is 2.64. The van der Waals surface area contributed by atoms with E-state index in [2.05, 4.69) is 5.32 Å². The number of hydrogen-bond acceptors (Lipinski definition) is 2. The lowest BCUT2D eigenvalue weighted by Gasteiger charge is -1.95. The van der Waals surface area contributed by atoms with Crippen LogP contribution in [0.3, 0.4) is 0 Å². The van der Waals surface area contributed by atoms with Crippen LogP contribution in [0.25, 0.3) is 6.08 Å². The number of amides is 1. The molecule has 1 aromatic rings. The quantitative estimate of drug-likeness (QED) is 0.605. The van der Waals surface area contributed by atoms with E-state index in [-0.39, 0.29) is 5.91 Å². The van der Waals surface area contributed by atoms with Crippen molar-refractivity contribution in [3.8, 4) is 0 Å². The zero-order valence-electron chi connectivity index (χ0n) is 7.00. The van der Waals surface area contributed by atoms with E-state index in [9.17, 15) is 4.79 Å². The van der Waals surface area contributed by atoms with Crippen molar-refractivity contribution < 1.29 is 4.79 Å². The molecule has 0 aliphatic rings. The van der Waals surface area contributed by atoms with E-state index in [1.165, 1.54) is 6.08 Å². The first kappa shape index (κ1) is 10.3. The van der Waals surface area contributed by atoms with E-state index < -0.39 is 0 Å². The number of rotatable bonds is 4. The minimum Gasteiger partial charge on any atom is -0.351 e. The van der Waals surface area contributed by atoms with Gasteiger partial charge in [0.25, 0.3) is 0 Å². The van der Waals surface area contributed by atoms with Crippen LogP contribution < -0.4 is 5.32 Å². The van der Waals surface area contributed by atoms with E-state index in [0.29, 0.717) is 12.4 Å². The molecule has 0 aromatic carbocycles. The summed E-state index contributed by atoms with van der Waals surface area (Å²) in [5.74, 6) is 0.340. The lowest BCUT2D eigenvalue weighted by molar-refractivity contribution is -0.116. The Morgan fingerprint density at radius 1 is 1.69 bits per heavy atom. The molecule has 1 heterocycles. The number of carbonyl (C=O) groups excluding carboxylic acids is 1. The van der Waals surface area contributed by atoms with Crippen LogP contribution in [0.4, 0.5) is 0 Å². The van der Waals surface area contributed by atoms with Crippen LogP contribution in [0.1, 0.15) is 4.88 Å². The van der Waals surface area contributed by atoms with Crippen LogP contribution in [0.5, 0.6) is 0 Å². The third-order valence-corrected chi connectivity index (χ3v) is 2.36. The molecule has 13 heavy (non-hydrogen) atoms. The molecule has 0 fully saturated rings. The van der Waals surface area contributed by atoms with Crippen LogP contribution in [0.15, 0.2) is 23.6 Å². The highest BCUT2D eigenvalue weighted by atomic mass is 35.5. The molecule has 70 valence electrons. The molecule has 2 nitrogen and oxygen atoms in total. The Hall–Kier alpha value is -0.800. The van der Waals surface area contributed by atoms with E-state index >= 15 is 0 Å². The molecular weight excluding hydrogens is 206 g/mol. The first-order valence-electron chi connectivity index (χ1n) is 3.88. The molecule has 1 amide bonds. The van der Waals surface area contributed by atoms with Gasteiger partial charge in [0.1, 0.15) is 0 Å². The van der Waals surface area contributed by atoms with Crippen molar-refractivity contribution in [1.29, 1.82) is 0 Å². The van der Waals surface area contributed by atoms with Gasteiger partial charge in [-0.1, -0.05) is 6.07 Å². The molecule has 0 spiro atoms. The second kappa shape index (κ2) is 5.78. The fraction of sp³-hybridized carbons (Fsp3) is 0.222. The van der Waals surface area contributed by atoms with Crippen LogP contribution in [-0.2, 0) is 4.79 Å². The third-order valence-electron chi connectivity index (χ3n) is 1.34. The Kier molecular flexibility index (Phi) is 4.57. The molecule has 0 aliphatic carbocycles. The van der Waals surface area contributed by atoms with Crippen molar-refractivity contribution in [2.24, 2.45) is 0 Å². The normalized spacial score (nSPS) is 10.5. The van der Waals surface area contributed by atoms with Gasteiger partial charge in [-0.2, -0.15) is 0 Å². The molecule has 1 rings (SSSR count). The molecule has 0 bridgehead atoms. The maximum absolute atomic E-state index is 11.0. The van der Waals surface area contributed by atoms with Crippen molar-refractivity contribution in [2.75, 3.05) is 12.4 Å². The topological polar surface area (TPSA) is 29.1 Å². The third kappa shape index (κ3) is 4.10. The Morgan fingerprint density at radius 2 is 2.54 bits per heavy atom. The monoisotopic (exact) mass is 215 g/mol. The Morgan fingerprint density at radius 3 is 3.15 bits per heavy atom. The summed E-state index contributed by atoms with van der Waals surface area (Å²) in [4.78, 5) is 12.1. The fourth-order valence-corrected chi connectivity index (χ4v) is 1.49. The first-order chi connectivity index (χ1) is 6.33. The van der Waals surface area contributed by atoms with E-state index in [1.807, 2.05) is 17.5 Å². The number of thiophene rings is 1. The minimum atomic E-state index is -0.103. The van der Waals surface area contributed by atoms with Crippen molar-refractivity contribution in [3.05, 3.63) is 28.5 Å². The molecule has 0 unspecified atom stereocenters. The van der Waals surface area contributed by atoms with Gasteiger partial charge in [-0.15, -0.1) is 22.9 Å². The van der Waals surface area contributed by atoms with Gasteiger partial charge in [0, 0.05) is 23.4 Å². The highest BCUT2D eigenvalue weighted by Crippen LogP contribution is 2.09. The van der Waals surface area contributed by atoms with Crippen LogP contribution in [0.2, 0.25) is 0 Å². The van der Waals surface area contributed by atoms with Gasteiger partial charge < -0.3 is 5.32 Å². The summed E-state index contributed by atoms with van der Waals surface area (Å²) in [5, 5.41) is 4.61. The summed E-state index contributed by atoms with van der Waals surface area (Å²) in [5.41, 5.74) is 0. The van der Waals surface area contributed by atoms with Crippen LogP contribution in [-0.4, -0.2) is 18.3 Å². The highest BCUT2D eigenvalue weighted by molar-refractivity contribution is 7.10. The minimum absolute atomic E-state index is 0.103. The van der Waals surface area contributed by atoms with Gasteiger partial charge in [0.15, 0.2) is 0 Å². The van der Waals surface area contributed by atoms with Gasteiger partial charge in [-0.25, -0.2) is 0 Å². The van der Waals surface area contributed by atoms with Crippen LogP contribution >= 0.6 is 22.9 Å². The van der Waals surface area contributed by atoms with Gasteiger partial charge in [-0.3, -0.25) is 4.79 Å². The molecule has 0 aliphatic heterocycles. The summed E-state index contributed by atoms with van der Waals surface area (Å²) in [6.45, 7) is 0.509. The predicted molar refractivity (Wildman–Crippen MR) is 57.1 cm³/mol. The summed E-state index contributed by atoms with van der Waals surface area (Å²) < 4.78 is 0. The lowest BCUT2D eigenvalue weighted by atomic mass is 10.4. The number of nitrogens with one attached hydrogen (secondary N) is 1. The Bertz CT molecular complexity index is 282. The summed E-state index contributed by atoms with van der Waals surface area (Å²) in [7, 11) is 0. The molecule has 0 saturated carbocycles. The smallest absolute Gasteiger partial charge is 0.244 e. The SMILES string of the molecule is O=C(/C=C/c1cccs1)NCCCl. The first-order valence-corrected chi connectivity index (χ1v) is 5.29. The molecule has 1 N–H and O–H groups in total. The molecule has 0 saturated heterocycles. The lowest BCUT2D eigenvalue weighted by Crippen LogP contribution is -2.22. The van der Waals surface area contributed by atoms with E-state index in [0.717, 1.165) is 4.88 Å².